The zero-order valence-corrected chi connectivity index (χ0v) is 11.4. The second kappa shape index (κ2) is 5.84. The smallest absolute Gasteiger partial charge is 0.251 e. The molecule has 2 rings (SSSR count). The highest BCUT2D eigenvalue weighted by Gasteiger charge is 2.11. The Kier molecular flexibility index (Phi) is 4.16. The molecule has 1 aromatic carbocycles. The van der Waals surface area contributed by atoms with Crippen molar-refractivity contribution in [1.82, 2.24) is 15.5 Å². The van der Waals surface area contributed by atoms with E-state index in [1.165, 1.54) is 0 Å². The number of benzene rings is 1. The summed E-state index contributed by atoms with van der Waals surface area (Å²) in [5.41, 5.74) is 0.535. The number of nitrogens with one attached hydrogen (secondary N) is 1. The third kappa shape index (κ3) is 3.54. The molecule has 1 N–H and O–H groups in total. The van der Waals surface area contributed by atoms with Crippen LogP contribution in [0.25, 0.3) is 0 Å². The van der Waals surface area contributed by atoms with Gasteiger partial charge in [0.2, 0.25) is 11.8 Å². The largest absolute Gasteiger partial charge is 0.423 e. The second-order valence-corrected chi connectivity index (χ2v) is 4.81. The van der Waals surface area contributed by atoms with Crippen LogP contribution in [0.3, 0.4) is 0 Å². The summed E-state index contributed by atoms with van der Waals surface area (Å²) >= 11 is 5.76. The van der Waals surface area contributed by atoms with Crippen molar-refractivity contribution in [2.45, 2.75) is 26.3 Å². The van der Waals surface area contributed by atoms with E-state index in [0.717, 1.165) is 0 Å². The zero-order chi connectivity index (χ0) is 13.8. The van der Waals surface area contributed by atoms with Crippen molar-refractivity contribution in [3.05, 3.63) is 46.6 Å². The van der Waals surface area contributed by atoms with Crippen molar-refractivity contribution in [3.63, 3.8) is 0 Å². The first-order valence-corrected chi connectivity index (χ1v) is 6.30. The normalized spacial score (nSPS) is 10.7. The molecule has 6 heteroatoms. The lowest BCUT2D eigenvalue weighted by atomic mass is 10.2. The van der Waals surface area contributed by atoms with E-state index in [0.29, 0.717) is 22.4 Å². The topological polar surface area (TPSA) is 68.0 Å². The molecule has 0 aliphatic carbocycles. The van der Waals surface area contributed by atoms with Crippen LogP contribution in [0.5, 0.6) is 0 Å². The van der Waals surface area contributed by atoms with Gasteiger partial charge in [0, 0.05) is 16.5 Å². The number of hydrogen-bond donors (Lipinski definition) is 1. The van der Waals surface area contributed by atoms with Crippen LogP contribution >= 0.6 is 11.6 Å². The summed E-state index contributed by atoms with van der Waals surface area (Å²) in [6.07, 6.45) is 0. The van der Waals surface area contributed by atoms with Gasteiger partial charge in [0.25, 0.3) is 5.91 Å². The van der Waals surface area contributed by atoms with Crippen molar-refractivity contribution in [2.24, 2.45) is 0 Å². The zero-order valence-electron chi connectivity index (χ0n) is 10.7. The average Bonchev–Trinajstić information content (AvgIpc) is 2.86. The molecule has 0 saturated heterocycles. The number of carbonyl (C=O) groups excluding carboxylic acids is 1. The maximum atomic E-state index is 11.8. The molecule has 1 aromatic heterocycles. The highest BCUT2D eigenvalue weighted by Crippen LogP contribution is 2.12. The van der Waals surface area contributed by atoms with Crippen molar-refractivity contribution < 1.29 is 9.21 Å². The van der Waals surface area contributed by atoms with E-state index in [-0.39, 0.29) is 18.4 Å². The molecule has 0 spiro atoms. The number of halogens is 1. The van der Waals surface area contributed by atoms with Gasteiger partial charge in [-0.2, -0.15) is 0 Å². The molecule has 1 heterocycles. The Balaban J connectivity index is 1.94. The van der Waals surface area contributed by atoms with Crippen LogP contribution < -0.4 is 5.32 Å². The summed E-state index contributed by atoms with van der Waals surface area (Å²) in [6, 6.07) is 6.65. The predicted molar refractivity (Wildman–Crippen MR) is 71.0 cm³/mol. The number of hydrogen-bond acceptors (Lipinski definition) is 4. The van der Waals surface area contributed by atoms with Crippen molar-refractivity contribution >= 4 is 17.5 Å². The van der Waals surface area contributed by atoms with E-state index < -0.39 is 0 Å². The highest BCUT2D eigenvalue weighted by atomic mass is 35.5. The third-order valence-corrected chi connectivity index (χ3v) is 2.73. The van der Waals surface area contributed by atoms with Crippen LogP contribution in [0.15, 0.2) is 28.7 Å². The molecule has 0 bridgehead atoms. The van der Waals surface area contributed by atoms with E-state index in [1.54, 1.807) is 24.3 Å². The minimum absolute atomic E-state index is 0.174. The molecule has 0 unspecified atom stereocenters. The molecule has 2 aromatic rings. The van der Waals surface area contributed by atoms with Crippen LogP contribution in [0.1, 0.15) is 41.9 Å². The highest BCUT2D eigenvalue weighted by molar-refractivity contribution is 6.30. The molecule has 5 nitrogen and oxygen atoms in total. The number of rotatable bonds is 4. The molecular formula is C13H14ClN3O2. The monoisotopic (exact) mass is 279 g/mol. The first kappa shape index (κ1) is 13.5. The molecule has 0 aliphatic heterocycles. The third-order valence-electron chi connectivity index (χ3n) is 2.48. The lowest BCUT2D eigenvalue weighted by Gasteiger charge is -2.02. The van der Waals surface area contributed by atoms with Crippen LogP contribution in [0, 0.1) is 0 Å². The summed E-state index contributed by atoms with van der Waals surface area (Å²) in [5.74, 6) is 0.927. The maximum Gasteiger partial charge on any atom is 0.251 e. The van der Waals surface area contributed by atoms with Gasteiger partial charge in [-0.25, -0.2) is 0 Å². The number of carbonyl (C=O) groups is 1. The second-order valence-electron chi connectivity index (χ2n) is 4.38. The van der Waals surface area contributed by atoms with Crippen LogP contribution in [-0.4, -0.2) is 16.1 Å². The Hall–Kier alpha value is -1.88. The lowest BCUT2D eigenvalue weighted by Crippen LogP contribution is -2.22. The van der Waals surface area contributed by atoms with E-state index in [2.05, 4.69) is 15.5 Å². The SMILES string of the molecule is CC(C)c1nnc(CNC(=O)c2ccc(Cl)cc2)o1. The summed E-state index contributed by atoms with van der Waals surface area (Å²) in [6.45, 7) is 4.13. The Labute approximate surface area is 116 Å². The Bertz CT molecular complexity index is 564. The Morgan fingerprint density at radius 1 is 1.32 bits per heavy atom. The summed E-state index contributed by atoms with van der Waals surface area (Å²) in [4.78, 5) is 11.8. The maximum absolute atomic E-state index is 11.8. The minimum Gasteiger partial charge on any atom is -0.423 e. The van der Waals surface area contributed by atoms with Crippen LogP contribution in [0.2, 0.25) is 5.02 Å². The fourth-order valence-electron chi connectivity index (χ4n) is 1.43. The summed E-state index contributed by atoms with van der Waals surface area (Å²) in [5, 5.41) is 11.1. The molecule has 0 aliphatic rings. The molecule has 19 heavy (non-hydrogen) atoms. The molecule has 0 saturated carbocycles. The van der Waals surface area contributed by atoms with E-state index in [9.17, 15) is 4.79 Å². The first-order valence-electron chi connectivity index (χ1n) is 5.92. The van der Waals surface area contributed by atoms with E-state index in [1.807, 2.05) is 13.8 Å². The Morgan fingerprint density at radius 2 is 2.00 bits per heavy atom. The Morgan fingerprint density at radius 3 is 2.58 bits per heavy atom. The van der Waals surface area contributed by atoms with Gasteiger partial charge in [0.15, 0.2) is 0 Å². The first-order chi connectivity index (χ1) is 9.06. The number of amides is 1. The van der Waals surface area contributed by atoms with Crippen LogP contribution in [0.4, 0.5) is 0 Å². The van der Waals surface area contributed by atoms with Gasteiger partial charge in [-0.1, -0.05) is 25.4 Å². The van der Waals surface area contributed by atoms with E-state index in [4.69, 9.17) is 16.0 Å². The molecule has 0 fully saturated rings. The molecule has 100 valence electrons. The van der Waals surface area contributed by atoms with Crippen molar-refractivity contribution in [1.29, 1.82) is 0 Å². The fraction of sp³-hybridized carbons (Fsp3) is 0.308. The van der Waals surface area contributed by atoms with Crippen molar-refractivity contribution in [3.8, 4) is 0 Å². The summed E-state index contributed by atoms with van der Waals surface area (Å²) in [7, 11) is 0. The molecule has 1 amide bonds. The van der Waals surface area contributed by atoms with Gasteiger partial charge in [0.1, 0.15) is 0 Å². The van der Waals surface area contributed by atoms with Crippen LogP contribution in [-0.2, 0) is 6.54 Å². The number of nitrogens with zero attached hydrogens (tertiary/aromatic N) is 2. The van der Waals surface area contributed by atoms with Crippen molar-refractivity contribution in [2.75, 3.05) is 0 Å². The molecule has 0 radical (unpaired) electrons. The van der Waals surface area contributed by atoms with E-state index >= 15 is 0 Å². The van der Waals surface area contributed by atoms with Gasteiger partial charge >= 0.3 is 0 Å². The van der Waals surface area contributed by atoms with Gasteiger partial charge < -0.3 is 9.73 Å². The standard InChI is InChI=1S/C13H14ClN3O2/c1-8(2)13-17-16-11(19-13)7-15-12(18)9-3-5-10(14)6-4-9/h3-6,8H,7H2,1-2H3,(H,15,18). The quantitative estimate of drug-likeness (QED) is 0.934. The van der Waals surface area contributed by atoms with Gasteiger partial charge in [0.05, 0.1) is 6.54 Å². The molecule has 0 atom stereocenters. The lowest BCUT2D eigenvalue weighted by molar-refractivity contribution is 0.0947. The molecular weight excluding hydrogens is 266 g/mol. The average molecular weight is 280 g/mol. The van der Waals surface area contributed by atoms with Gasteiger partial charge in [-0.05, 0) is 24.3 Å². The summed E-state index contributed by atoms with van der Waals surface area (Å²) < 4.78 is 5.39. The predicted octanol–water partition coefficient (Wildman–Crippen LogP) is 2.78. The number of aromatic nitrogens is 2. The minimum atomic E-state index is -0.207. The van der Waals surface area contributed by atoms with Gasteiger partial charge in [-0.3, -0.25) is 4.79 Å². The fourth-order valence-corrected chi connectivity index (χ4v) is 1.56. The van der Waals surface area contributed by atoms with Gasteiger partial charge in [-0.15, -0.1) is 10.2 Å².